The van der Waals surface area contributed by atoms with Crippen molar-refractivity contribution in [1.29, 1.82) is 0 Å². The topological polar surface area (TPSA) is 59.2 Å². The van der Waals surface area contributed by atoms with Gasteiger partial charge >= 0.3 is 6.18 Å². The van der Waals surface area contributed by atoms with E-state index in [-0.39, 0.29) is 17.8 Å². The van der Waals surface area contributed by atoms with Crippen LogP contribution in [0.2, 0.25) is 0 Å². The van der Waals surface area contributed by atoms with E-state index in [1.807, 2.05) is 26.0 Å². The number of carbonyl (C=O) groups is 1. The molecule has 8 heteroatoms. The van der Waals surface area contributed by atoms with Crippen LogP contribution in [-0.4, -0.2) is 20.9 Å². The Balaban J connectivity index is 1.57. The first-order valence-corrected chi connectivity index (χ1v) is 9.59. The molecule has 1 amide bonds. The van der Waals surface area contributed by atoms with E-state index in [9.17, 15) is 18.0 Å². The van der Waals surface area contributed by atoms with Crippen LogP contribution in [0.3, 0.4) is 0 Å². The summed E-state index contributed by atoms with van der Waals surface area (Å²) in [6.45, 7) is 4.44. The Labute approximate surface area is 171 Å². The molecular formula is C22H20F3N3O2. The van der Waals surface area contributed by atoms with Gasteiger partial charge in [-0.1, -0.05) is 41.1 Å². The van der Waals surface area contributed by atoms with Crippen molar-refractivity contribution in [3.8, 4) is 11.4 Å². The number of hydrogen-bond acceptors (Lipinski definition) is 4. The van der Waals surface area contributed by atoms with Crippen molar-refractivity contribution in [2.45, 2.75) is 45.5 Å². The van der Waals surface area contributed by atoms with Crippen molar-refractivity contribution in [2.75, 3.05) is 0 Å². The molecule has 0 saturated carbocycles. The molecule has 0 radical (unpaired) electrons. The Bertz CT molecular complexity index is 1070. The average Bonchev–Trinajstić information content (AvgIpc) is 3.32. The molecule has 1 aromatic heterocycles. The third kappa shape index (κ3) is 3.94. The van der Waals surface area contributed by atoms with Gasteiger partial charge < -0.3 is 9.42 Å². The van der Waals surface area contributed by atoms with Gasteiger partial charge in [0, 0.05) is 18.5 Å². The molecule has 4 rings (SSSR count). The number of aryl methyl sites for hydroxylation is 2. The molecule has 0 spiro atoms. The number of halogens is 3. The summed E-state index contributed by atoms with van der Waals surface area (Å²) in [4.78, 5) is 18.6. The molecule has 0 bridgehead atoms. The van der Waals surface area contributed by atoms with Crippen LogP contribution in [0.25, 0.3) is 11.4 Å². The van der Waals surface area contributed by atoms with Gasteiger partial charge in [-0.2, -0.15) is 18.2 Å². The lowest BCUT2D eigenvalue weighted by molar-refractivity contribution is -0.137. The number of likely N-dealkylation sites (tertiary alicyclic amines) is 1. The predicted octanol–water partition coefficient (Wildman–Crippen LogP) is 5.24. The molecule has 5 nitrogen and oxygen atoms in total. The fourth-order valence-electron chi connectivity index (χ4n) is 3.64. The van der Waals surface area contributed by atoms with Crippen LogP contribution in [0.15, 0.2) is 47.0 Å². The molecule has 1 aliphatic heterocycles. The summed E-state index contributed by atoms with van der Waals surface area (Å²) in [6.07, 6.45) is -3.47. The van der Waals surface area contributed by atoms with E-state index in [1.54, 1.807) is 4.90 Å². The van der Waals surface area contributed by atoms with Gasteiger partial charge in [0.05, 0.1) is 5.56 Å². The van der Waals surface area contributed by atoms with Crippen LogP contribution >= 0.6 is 0 Å². The highest BCUT2D eigenvalue weighted by molar-refractivity contribution is 5.79. The standard InChI is InChI=1S/C22H20F3N3O2/c1-13-3-4-14(2)16(11-13)12-28-18(9-10-19(28)29)21-26-20(27-30-21)15-5-7-17(8-6-15)22(23,24)25/h3-8,11,18H,9-10,12H2,1-2H3. The lowest BCUT2D eigenvalue weighted by Crippen LogP contribution is -2.27. The number of alkyl halides is 3. The zero-order chi connectivity index (χ0) is 21.5. The maximum Gasteiger partial charge on any atom is 0.416 e. The Morgan fingerprint density at radius 3 is 2.57 bits per heavy atom. The third-order valence-corrected chi connectivity index (χ3v) is 5.37. The monoisotopic (exact) mass is 415 g/mol. The molecule has 0 N–H and O–H groups in total. The number of hydrogen-bond donors (Lipinski definition) is 0. The second-order valence-corrected chi connectivity index (χ2v) is 7.54. The lowest BCUT2D eigenvalue weighted by atomic mass is 10.0. The fourth-order valence-corrected chi connectivity index (χ4v) is 3.64. The molecule has 1 aliphatic rings. The van der Waals surface area contributed by atoms with E-state index in [4.69, 9.17) is 4.52 Å². The summed E-state index contributed by atoms with van der Waals surface area (Å²) >= 11 is 0. The van der Waals surface area contributed by atoms with E-state index < -0.39 is 11.7 Å². The first-order valence-electron chi connectivity index (χ1n) is 9.59. The van der Waals surface area contributed by atoms with Crippen molar-refractivity contribution in [2.24, 2.45) is 0 Å². The molecule has 1 fully saturated rings. The SMILES string of the molecule is Cc1ccc(C)c(CN2C(=O)CCC2c2nc(-c3ccc(C(F)(F)F)cc3)no2)c1. The molecule has 0 aliphatic carbocycles. The Morgan fingerprint density at radius 1 is 1.13 bits per heavy atom. The number of aromatic nitrogens is 2. The van der Waals surface area contributed by atoms with Gasteiger partial charge in [-0.3, -0.25) is 4.79 Å². The Morgan fingerprint density at radius 2 is 1.87 bits per heavy atom. The number of carbonyl (C=O) groups excluding carboxylic acids is 1. The molecular weight excluding hydrogens is 395 g/mol. The van der Waals surface area contributed by atoms with Gasteiger partial charge in [-0.25, -0.2) is 0 Å². The van der Waals surface area contributed by atoms with Gasteiger partial charge in [0.15, 0.2) is 0 Å². The molecule has 3 aromatic rings. The first kappa shape index (κ1) is 20.1. The van der Waals surface area contributed by atoms with Gasteiger partial charge in [0.25, 0.3) is 0 Å². The third-order valence-electron chi connectivity index (χ3n) is 5.37. The predicted molar refractivity (Wildman–Crippen MR) is 103 cm³/mol. The van der Waals surface area contributed by atoms with Gasteiger partial charge in [0.1, 0.15) is 6.04 Å². The van der Waals surface area contributed by atoms with Crippen LogP contribution in [-0.2, 0) is 17.5 Å². The van der Waals surface area contributed by atoms with Crippen molar-refractivity contribution >= 4 is 5.91 Å². The van der Waals surface area contributed by atoms with Crippen molar-refractivity contribution in [1.82, 2.24) is 15.0 Å². The summed E-state index contributed by atoms with van der Waals surface area (Å²) in [5, 5.41) is 3.92. The number of rotatable bonds is 4. The van der Waals surface area contributed by atoms with Crippen molar-refractivity contribution in [3.05, 3.63) is 70.6 Å². The fraction of sp³-hybridized carbons (Fsp3) is 0.318. The Kier molecular flexibility index (Phi) is 5.09. The highest BCUT2D eigenvalue weighted by Gasteiger charge is 2.36. The minimum absolute atomic E-state index is 0.00943. The maximum atomic E-state index is 12.8. The molecule has 2 heterocycles. The van der Waals surface area contributed by atoms with Gasteiger partial charge in [-0.05, 0) is 43.5 Å². The van der Waals surface area contributed by atoms with E-state index in [1.165, 1.54) is 12.1 Å². The van der Waals surface area contributed by atoms with Gasteiger partial charge in [0.2, 0.25) is 17.6 Å². The summed E-state index contributed by atoms with van der Waals surface area (Å²) in [7, 11) is 0. The van der Waals surface area contributed by atoms with E-state index >= 15 is 0 Å². The smallest absolute Gasteiger partial charge is 0.337 e. The second-order valence-electron chi connectivity index (χ2n) is 7.54. The molecule has 30 heavy (non-hydrogen) atoms. The average molecular weight is 415 g/mol. The minimum atomic E-state index is -4.40. The summed E-state index contributed by atoms with van der Waals surface area (Å²) in [5.74, 6) is 0.501. The highest BCUT2D eigenvalue weighted by atomic mass is 19.4. The summed E-state index contributed by atoms with van der Waals surface area (Å²) in [6, 6.07) is 10.3. The maximum absolute atomic E-state index is 12.8. The Hall–Kier alpha value is -3.16. The van der Waals surface area contributed by atoms with E-state index in [2.05, 4.69) is 16.2 Å². The van der Waals surface area contributed by atoms with Crippen molar-refractivity contribution in [3.63, 3.8) is 0 Å². The second kappa shape index (κ2) is 7.59. The number of nitrogens with zero attached hydrogens (tertiary/aromatic N) is 3. The number of benzene rings is 2. The summed E-state index contributed by atoms with van der Waals surface area (Å²) < 4.78 is 43.7. The first-order chi connectivity index (χ1) is 14.2. The highest BCUT2D eigenvalue weighted by Crippen LogP contribution is 2.35. The van der Waals surface area contributed by atoms with E-state index in [0.29, 0.717) is 30.8 Å². The van der Waals surface area contributed by atoms with Crippen LogP contribution in [0.5, 0.6) is 0 Å². The summed E-state index contributed by atoms with van der Waals surface area (Å²) in [5.41, 5.74) is 2.94. The quantitative estimate of drug-likeness (QED) is 0.585. The minimum Gasteiger partial charge on any atom is -0.337 e. The normalized spacial score (nSPS) is 17.0. The van der Waals surface area contributed by atoms with E-state index in [0.717, 1.165) is 28.8 Å². The zero-order valence-electron chi connectivity index (χ0n) is 16.5. The van der Waals surface area contributed by atoms with Crippen LogP contribution in [0, 0.1) is 13.8 Å². The molecule has 2 aromatic carbocycles. The lowest BCUT2D eigenvalue weighted by Gasteiger charge is -2.23. The molecule has 1 unspecified atom stereocenters. The van der Waals surface area contributed by atoms with Crippen LogP contribution in [0.1, 0.15) is 47.0 Å². The number of amides is 1. The molecule has 1 atom stereocenters. The molecule has 1 saturated heterocycles. The van der Waals surface area contributed by atoms with Crippen LogP contribution < -0.4 is 0 Å². The van der Waals surface area contributed by atoms with Crippen LogP contribution in [0.4, 0.5) is 13.2 Å². The van der Waals surface area contributed by atoms with Crippen molar-refractivity contribution < 1.29 is 22.5 Å². The molecule has 156 valence electrons. The largest absolute Gasteiger partial charge is 0.416 e. The van der Waals surface area contributed by atoms with Gasteiger partial charge in [-0.15, -0.1) is 0 Å². The zero-order valence-corrected chi connectivity index (χ0v) is 16.5.